The van der Waals surface area contributed by atoms with Crippen molar-refractivity contribution >= 4 is 22.3 Å². The van der Waals surface area contributed by atoms with Gasteiger partial charge in [0.05, 0.1) is 23.2 Å². The molecule has 1 heterocycles. The molecule has 0 aliphatic carbocycles. The van der Waals surface area contributed by atoms with E-state index in [1.807, 2.05) is 6.07 Å². The van der Waals surface area contributed by atoms with E-state index in [1.54, 1.807) is 18.2 Å². The number of aliphatic hydroxyl groups is 1. The van der Waals surface area contributed by atoms with E-state index in [-0.39, 0.29) is 18.8 Å². The van der Waals surface area contributed by atoms with Crippen molar-refractivity contribution in [3.63, 3.8) is 0 Å². The SMILES string of the molecule is COCC(O)CNc1c([N+](=O)[O-])cnc2ccccc12. The molecule has 0 spiro atoms. The zero-order valence-corrected chi connectivity index (χ0v) is 10.9. The maximum Gasteiger partial charge on any atom is 0.311 e. The standard InChI is InChI=1S/C13H15N3O4/c1-20-8-9(17)6-15-13-10-4-2-3-5-11(10)14-7-12(13)16(18)19/h2-5,7,9,17H,6,8H2,1H3,(H,14,15). The zero-order chi connectivity index (χ0) is 14.5. The Hall–Kier alpha value is -2.25. The lowest BCUT2D eigenvalue weighted by Crippen LogP contribution is -2.24. The first-order valence-electron chi connectivity index (χ1n) is 6.06. The highest BCUT2D eigenvalue weighted by molar-refractivity contribution is 5.95. The van der Waals surface area contributed by atoms with Gasteiger partial charge >= 0.3 is 5.69 Å². The Bertz CT molecular complexity index is 618. The van der Waals surface area contributed by atoms with Crippen molar-refractivity contribution in [3.8, 4) is 0 Å². The molecular formula is C13H15N3O4. The summed E-state index contributed by atoms with van der Waals surface area (Å²) in [6.07, 6.45) is 0.472. The van der Waals surface area contributed by atoms with Crippen LogP contribution in [0, 0.1) is 10.1 Å². The van der Waals surface area contributed by atoms with Crippen molar-refractivity contribution in [1.82, 2.24) is 4.98 Å². The molecule has 2 N–H and O–H groups in total. The lowest BCUT2D eigenvalue weighted by molar-refractivity contribution is -0.384. The fraction of sp³-hybridized carbons (Fsp3) is 0.308. The number of methoxy groups -OCH3 is 1. The third-order valence-corrected chi connectivity index (χ3v) is 2.83. The van der Waals surface area contributed by atoms with Crippen LogP contribution in [0.3, 0.4) is 0 Å². The smallest absolute Gasteiger partial charge is 0.311 e. The molecule has 2 aromatic rings. The number of nitrogens with one attached hydrogen (secondary N) is 1. The molecule has 0 fully saturated rings. The van der Waals surface area contributed by atoms with E-state index in [4.69, 9.17) is 4.74 Å². The molecule has 1 aromatic heterocycles. The summed E-state index contributed by atoms with van der Waals surface area (Å²) >= 11 is 0. The minimum Gasteiger partial charge on any atom is -0.389 e. The van der Waals surface area contributed by atoms with Crippen LogP contribution >= 0.6 is 0 Å². The fourth-order valence-corrected chi connectivity index (χ4v) is 1.93. The van der Waals surface area contributed by atoms with Gasteiger partial charge in [0, 0.05) is 19.0 Å². The van der Waals surface area contributed by atoms with Crippen molar-refractivity contribution in [1.29, 1.82) is 0 Å². The Labute approximate surface area is 115 Å². The average molecular weight is 277 g/mol. The Morgan fingerprint density at radius 1 is 1.50 bits per heavy atom. The number of anilines is 1. The molecule has 0 amide bonds. The molecule has 1 aromatic carbocycles. The number of nitro groups is 1. The largest absolute Gasteiger partial charge is 0.389 e. The number of rotatable bonds is 6. The molecule has 2 rings (SSSR count). The van der Waals surface area contributed by atoms with Crippen molar-refractivity contribution < 1.29 is 14.8 Å². The van der Waals surface area contributed by atoms with Crippen LogP contribution in [0.25, 0.3) is 10.9 Å². The first kappa shape index (κ1) is 14.2. The van der Waals surface area contributed by atoms with Crippen LogP contribution in [-0.4, -0.2) is 41.4 Å². The minimum atomic E-state index is -0.744. The normalized spacial score (nSPS) is 12.3. The predicted molar refractivity (Wildman–Crippen MR) is 74.8 cm³/mol. The van der Waals surface area contributed by atoms with Gasteiger partial charge < -0.3 is 15.2 Å². The monoisotopic (exact) mass is 277 g/mol. The lowest BCUT2D eigenvalue weighted by atomic mass is 10.1. The van der Waals surface area contributed by atoms with E-state index in [9.17, 15) is 15.2 Å². The van der Waals surface area contributed by atoms with Gasteiger partial charge in [-0.3, -0.25) is 10.1 Å². The molecule has 1 unspecified atom stereocenters. The number of para-hydroxylation sites is 1. The van der Waals surface area contributed by atoms with Gasteiger partial charge in [-0.05, 0) is 6.07 Å². The van der Waals surface area contributed by atoms with Crippen molar-refractivity contribution in [3.05, 3.63) is 40.6 Å². The molecule has 0 saturated carbocycles. The van der Waals surface area contributed by atoms with Gasteiger partial charge in [-0.25, -0.2) is 4.98 Å². The number of ether oxygens (including phenoxy) is 1. The topological polar surface area (TPSA) is 97.5 Å². The molecule has 0 bridgehead atoms. The fourth-order valence-electron chi connectivity index (χ4n) is 1.93. The van der Waals surface area contributed by atoms with Crippen molar-refractivity contribution in [2.75, 3.05) is 25.6 Å². The van der Waals surface area contributed by atoms with Crippen LogP contribution < -0.4 is 5.32 Å². The van der Waals surface area contributed by atoms with E-state index in [0.717, 1.165) is 0 Å². The Balaban J connectivity index is 2.37. The van der Waals surface area contributed by atoms with Gasteiger partial charge in [0.1, 0.15) is 11.9 Å². The molecule has 0 aliphatic heterocycles. The third kappa shape index (κ3) is 3.01. The second kappa shape index (κ2) is 6.27. The molecule has 7 heteroatoms. The van der Waals surface area contributed by atoms with Gasteiger partial charge in [-0.15, -0.1) is 0 Å². The zero-order valence-electron chi connectivity index (χ0n) is 10.9. The molecular weight excluding hydrogens is 262 g/mol. The summed E-state index contributed by atoms with van der Waals surface area (Å²) in [6, 6.07) is 7.12. The molecule has 20 heavy (non-hydrogen) atoms. The lowest BCUT2D eigenvalue weighted by Gasteiger charge is -2.13. The number of fused-ring (bicyclic) bond motifs is 1. The minimum absolute atomic E-state index is 0.117. The summed E-state index contributed by atoms with van der Waals surface area (Å²) in [5.74, 6) is 0. The summed E-state index contributed by atoms with van der Waals surface area (Å²) in [7, 11) is 1.48. The molecule has 106 valence electrons. The maximum absolute atomic E-state index is 11.1. The highest BCUT2D eigenvalue weighted by atomic mass is 16.6. The summed E-state index contributed by atoms with van der Waals surface area (Å²) in [6.45, 7) is 0.312. The number of aliphatic hydroxyl groups excluding tert-OH is 1. The van der Waals surface area contributed by atoms with E-state index >= 15 is 0 Å². The third-order valence-electron chi connectivity index (χ3n) is 2.83. The Morgan fingerprint density at radius 2 is 2.25 bits per heavy atom. The summed E-state index contributed by atoms with van der Waals surface area (Å²) < 4.78 is 4.82. The number of aromatic nitrogens is 1. The highest BCUT2D eigenvalue weighted by Crippen LogP contribution is 2.31. The first-order chi connectivity index (χ1) is 9.63. The predicted octanol–water partition coefficient (Wildman–Crippen LogP) is 1.56. The van der Waals surface area contributed by atoms with Gasteiger partial charge in [-0.1, -0.05) is 18.2 Å². The van der Waals surface area contributed by atoms with E-state index in [0.29, 0.717) is 16.6 Å². The average Bonchev–Trinajstić information content (AvgIpc) is 2.44. The molecule has 0 radical (unpaired) electrons. The second-order valence-electron chi connectivity index (χ2n) is 4.28. The van der Waals surface area contributed by atoms with Gasteiger partial charge in [0.2, 0.25) is 0 Å². The quantitative estimate of drug-likeness (QED) is 0.614. The van der Waals surface area contributed by atoms with E-state index in [2.05, 4.69) is 10.3 Å². The number of nitrogens with zero attached hydrogens (tertiary/aromatic N) is 2. The van der Waals surface area contributed by atoms with Crippen LogP contribution in [0.2, 0.25) is 0 Å². The van der Waals surface area contributed by atoms with Crippen LogP contribution in [0.5, 0.6) is 0 Å². The first-order valence-corrected chi connectivity index (χ1v) is 6.06. The highest BCUT2D eigenvalue weighted by Gasteiger charge is 2.18. The molecule has 7 nitrogen and oxygen atoms in total. The summed E-state index contributed by atoms with van der Waals surface area (Å²) in [5, 5.41) is 24.3. The molecule has 1 atom stereocenters. The Kier molecular flexibility index (Phi) is 4.44. The van der Waals surface area contributed by atoms with Crippen LogP contribution in [0.15, 0.2) is 30.5 Å². The van der Waals surface area contributed by atoms with Gasteiger partial charge in [0.25, 0.3) is 0 Å². The number of hydrogen-bond acceptors (Lipinski definition) is 6. The number of pyridine rings is 1. The van der Waals surface area contributed by atoms with Crippen molar-refractivity contribution in [2.45, 2.75) is 6.10 Å². The maximum atomic E-state index is 11.1. The number of benzene rings is 1. The second-order valence-corrected chi connectivity index (χ2v) is 4.28. The summed E-state index contributed by atoms with van der Waals surface area (Å²) in [5.41, 5.74) is 0.894. The molecule has 0 saturated heterocycles. The summed E-state index contributed by atoms with van der Waals surface area (Å²) in [4.78, 5) is 14.6. The van der Waals surface area contributed by atoms with Crippen LogP contribution in [-0.2, 0) is 4.74 Å². The van der Waals surface area contributed by atoms with Crippen LogP contribution in [0.1, 0.15) is 0 Å². The van der Waals surface area contributed by atoms with Gasteiger partial charge in [0.15, 0.2) is 0 Å². The van der Waals surface area contributed by atoms with Crippen LogP contribution in [0.4, 0.5) is 11.4 Å². The van der Waals surface area contributed by atoms with E-state index < -0.39 is 11.0 Å². The van der Waals surface area contributed by atoms with Crippen molar-refractivity contribution in [2.24, 2.45) is 0 Å². The molecule has 0 aliphatic rings. The number of hydrogen-bond donors (Lipinski definition) is 2. The Morgan fingerprint density at radius 3 is 2.95 bits per heavy atom. The van der Waals surface area contributed by atoms with E-state index in [1.165, 1.54) is 13.3 Å². The van der Waals surface area contributed by atoms with Gasteiger partial charge in [-0.2, -0.15) is 0 Å².